The number of hydrogen-bond acceptors (Lipinski definition) is 7. The summed E-state index contributed by atoms with van der Waals surface area (Å²) in [5, 5.41) is 9.73. The minimum Gasteiger partial charge on any atom is -0.477 e. The predicted octanol–water partition coefficient (Wildman–Crippen LogP) is 20.9. The summed E-state index contributed by atoms with van der Waals surface area (Å²) in [6.45, 7) is 4.71. The van der Waals surface area contributed by atoms with Crippen LogP contribution in [-0.4, -0.2) is 87.4 Å². The predicted molar refractivity (Wildman–Crippen MR) is 363 cm³/mol. The maximum Gasteiger partial charge on any atom is 0.361 e. The molecule has 85 heavy (non-hydrogen) atoms. The minimum absolute atomic E-state index is 0.177. The largest absolute Gasteiger partial charge is 0.477 e. The lowest BCUT2D eigenvalue weighted by molar-refractivity contribution is -0.870. The van der Waals surface area contributed by atoms with Crippen molar-refractivity contribution in [2.24, 2.45) is 0 Å². The molecular formula is C76H124NO8+. The molecule has 2 unspecified atom stereocenters. The number of nitrogens with zero attached hydrogens (tertiary/aromatic N) is 1. The molecule has 0 fully saturated rings. The Hall–Kier alpha value is -5.09. The maximum absolute atomic E-state index is 12.9. The number of aliphatic carboxylic acids is 1. The number of carboxylic acid groups (broad SMARTS) is 1. The van der Waals surface area contributed by atoms with Crippen LogP contribution in [0.15, 0.2) is 158 Å². The second kappa shape index (κ2) is 64.9. The fourth-order valence-corrected chi connectivity index (χ4v) is 8.64. The average molecular weight is 1180 g/mol. The van der Waals surface area contributed by atoms with Crippen molar-refractivity contribution in [1.82, 2.24) is 0 Å². The Balaban J connectivity index is 4.20. The van der Waals surface area contributed by atoms with E-state index in [9.17, 15) is 19.5 Å². The smallest absolute Gasteiger partial charge is 0.361 e. The normalized spacial score (nSPS) is 13.8. The molecule has 0 radical (unpaired) electrons. The van der Waals surface area contributed by atoms with Crippen LogP contribution >= 0.6 is 0 Å². The van der Waals surface area contributed by atoms with Crippen LogP contribution in [0.3, 0.4) is 0 Å². The van der Waals surface area contributed by atoms with Crippen LogP contribution in [0.4, 0.5) is 0 Å². The van der Waals surface area contributed by atoms with Crippen LogP contribution in [-0.2, 0) is 33.3 Å². The molecule has 0 amide bonds. The first-order valence-electron chi connectivity index (χ1n) is 33.6. The van der Waals surface area contributed by atoms with Gasteiger partial charge in [-0.2, -0.15) is 0 Å². The topological polar surface area (TPSA) is 108 Å². The Labute approximate surface area is 521 Å². The molecule has 0 aromatic rings. The van der Waals surface area contributed by atoms with E-state index in [1.807, 2.05) is 21.1 Å². The Bertz CT molecular complexity index is 1950. The molecule has 9 heteroatoms. The number of allylic oxidation sites excluding steroid dienone is 26. The highest BCUT2D eigenvalue weighted by atomic mass is 16.7. The van der Waals surface area contributed by atoms with Crippen LogP contribution in [0.2, 0.25) is 0 Å². The van der Waals surface area contributed by atoms with Gasteiger partial charge in [-0.05, 0) is 128 Å². The standard InChI is InChI=1S/C76H123NO8/c1-6-8-10-12-14-16-18-20-22-24-26-27-28-29-30-31-32-33-34-35-36-37-38-39-40-41-42-43-44-45-46-47-49-51-53-55-57-59-61-63-65-67-74(79)85-72(71-84-76(75(80)81)82-69-68-77(3,4)5)70-83-73(78)66-64-62-60-58-56-54-52-50-48-25-23-21-19-17-15-13-11-9-7-2/h8,10,14-17,20-23,26-27,29-30,32-33,35-36,38-39,41-42,44-45,47,49,72,76H,6-7,9,11-13,18-19,24-25,28,31,34,37,40,43,46,48,50-71H2,1-5H3/p+1/b10-8-,16-14-,17-15-,22-20-,23-21-,27-26-,30-29-,33-32-,36-35-,39-38-,42-41-,45-44-,49-47-. The third kappa shape index (κ3) is 66.3. The molecule has 0 rings (SSSR count). The summed E-state index contributed by atoms with van der Waals surface area (Å²) in [4.78, 5) is 37.5. The molecule has 0 aromatic heterocycles. The lowest BCUT2D eigenvalue weighted by atomic mass is 10.1. The molecule has 0 saturated heterocycles. The van der Waals surface area contributed by atoms with Gasteiger partial charge in [0.05, 0.1) is 34.4 Å². The summed E-state index contributed by atoms with van der Waals surface area (Å²) < 4.78 is 22.9. The first kappa shape index (κ1) is 79.9. The van der Waals surface area contributed by atoms with E-state index in [4.69, 9.17) is 18.9 Å². The van der Waals surface area contributed by atoms with E-state index < -0.39 is 24.3 Å². The van der Waals surface area contributed by atoms with Gasteiger partial charge in [0.1, 0.15) is 13.2 Å². The third-order valence-corrected chi connectivity index (χ3v) is 13.8. The molecule has 0 aliphatic heterocycles. The molecule has 0 aliphatic rings. The van der Waals surface area contributed by atoms with E-state index in [1.54, 1.807) is 0 Å². The van der Waals surface area contributed by atoms with Gasteiger partial charge >= 0.3 is 17.9 Å². The summed E-state index contributed by atoms with van der Waals surface area (Å²) >= 11 is 0. The number of carbonyl (C=O) groups is 3. The molecule has 0 spiro atoms. The van der Waals surface area contributed by atoms with Crippen LogP contribution in [0.1, 0.15) is 245 Å². The highest BCUT2D eigenvalue weighted by Gasteiger charge is 2.25. The molecule has 0 aromatic carbocycles. The molecule has 0 heterocycles. The number of likely N-dealkylation sites (N-methyl/N-ethyl adjacent to an activating group) is 1. The molecule has 9 nitrogen and oxygen atoms in total. The van der Waals surface area contributed by atoms with Gasteiger partial charge in [0.25, 0.3) is 6.29 Å². The minimum atomic E-state index is -1.52. The fraction of sp³-hybridized carbons (Fsp3) is 0.618. The van der Waals surface area contributed by atoms with Crippen molar-refractivity contribution in [3.8, 4) is 0 Å². The molecule has 480 valence electrons. The Morgan fingerprint density at radius 3 is 1.00 bits per heavy atom. The van der Waals surface area contributed by atoms with Gasteiger partial charge in [-0.25, -0.2) is 4.79 Å². The monoisotopic (exact) mass is 1180 g/mol. The van der Waals surface area contributed by atoms with Crippen molar-refractivity contribution in [2.75, 3.05) is 47.5 Å². The number of ether oxygens (including phenoxy) is 4. The number of esters is 2. The summed E-state index contributed by atoms with van der Waals surface area (Å²) in [6, 6.07) is 0. The summed E-state index contributed by atoms with van der Waals surface area (Å²) in [5.74, 6) is -2.04. The Kier molecular flexibility index (Phi) is 61.0. The van der Waals surface area contributed by atoms with Crippen molar-refractivity contribution in [3.05, 3.63) is 158 Å². The quantitative estimate of drug-likeness (QED) is 0.0211. The number of carbonyl (C=O) groups excluding carboxylic acids is 2. The molecule has 0 saturated carbocycles. The fourth-order valence-electron chi connectivity index (χ4n) is 8.64. The average Bonchev–Trinajstić information content (AvgIpc) is 3.49. The zero-order chi connectivity index (χ0) is 61.9. The van der Waals surface area contributed by atoms with Crippen molar-refractivity contribution in [1.29, 1.82) is 0 Å². The number of unbranched alkanes of at least 4 members (excludes halogenated alkanes) is 19. The number of rotatable bonds is 60. The van der Waals surface area contributed by atoms with Crippen LogP contribution in [0.25, 0.3) is 0 Å². The first-order valence-corrected chi connectivity index (χ1v) is 33.6. The van der Waals surface area contributed by atoms with Gasteiger partial charge in [-0.1, -0.05) is 262 Å². The first-order chi connectivity index (χ1) is 41.6. The van der Waals surface area contributed by atoms with E-state index in [0.717, 1.165) is 128 Å². The molecule has 0 bridgehead atoms. The molecule has 2 atom stereocenters. The van der Waals surface area contributed by atoms with Gasteiger partial charge in [0, 0.05) is 12.8 Å². The van der Waals surface area contributed by atoms with Crippen molar-refractivity contribution < 1.29 is 42.9 Å². The highest BCUT2D eigenvalue weighted by Crippen LogP contribution is 2.15. The molecule has 1 N–H and O–H groups in total. The molecule has 0 aliphatic carbocycles. The van der Waals surface area contributed by atoms with Crippen molar-refractivity contribution >= 4 is 17.9 Å². The summed E-state index contributed by atoms with van der Waals surface area (Å²) in [5.41, 5.74) is 0. The Morgan fingerprint density at radius 1 is 0.365 bits per heavy atom. The van der Waals surface area contributed by atoms with Crippen LogP contribution in [0, 0.1) is 0 Å². The highest BCUT2D eigenvalue weighted by molar-refractivity contribution is 5.71. The van der Waals surface area contributed by atoms with E-state index in [2.05, 4.69) is 172 Å². The Morgan fingerprint density at radius 2 is 0.671 bits per heavy atom. The van der Waals surface area contributed by atoms with E-state index in [1.165, 1.54) is 83.5 Å². The van der Waals surface area contributed by atoms with Crippen LogP contribution in [0.5, 0.6) is 0 Å². The van der Waals surface area contributed by atoms with Crippen molar-refractivity contribution in [3.63, 3.8) is 0 Å². The lowest BCUT2D eigenvalue weighted by Gasteiger charge is -2.25. The van der Waals surface area contributed by atoms with Crippen molar-refractivity contribution in [2.45, 2.75) is 257 Å². The summed E-state index contributed by atoms with van der Waals surface area (Å²) in [6.07, 6.45) is 93.4. The summed E-state index contributed by atoms with van der Waals surface area (Å²) in [7, 11) is 5.96. The number of hydrogen-bond donors (Lipinski definition) is 1. The van der Waals surface area contributed by atoms with Gasteiger partial charge in [0.2, 0.25) is 0 Å². The van der Waals surface area contributed by atoms with Gasteiger partial charge in [0.15, 0.2) is 6.10 Å². The maximum atomic E-state index is 12.9. The van der Waals surface area contributed by atoms with Crippen LogP contribution < -0.4 is 0 Å². The number of quaternary nitrogens is 1. The third-order valence-electron chi connectivity index (χ3n) is 13.8. The molecular weight excluding hydrogens is 1050 g/mol. The second-order valence-electron chi connectivity index (χ2n) is 23.0. The SMILES string of the molecule is CC/C=C\C/C=C\C/C=C\C/C=C\C/C=C\C/C=C\C/C=C\C/C=C\C/C=C\C/C=C\C/C=C\CCCCCCCCCC(=O)OC(COC(=O)CCCCCCCCCCC/C=C\C/C=C\CCCCC)COC(OCC[N+](C)(C)C)C(=O)O. The number of carboxylic acids is 1. The van der Waals surface area contributed by atoms with E-state index >= 15 is 0 Å². The zero-order valence-corrected chi connectivity index (χ0v) is 54.7. The lowest BCUT2D eigenvalue weighted by Crippen LogP contribution is -2.40. The zero-order valence-electron chi connectivity index (χ0n) is 54.7. The van der Waals surface area contributed by atoms with Gasteiger partial charge < -0.3 is 28.5 Å². The van der Waals surface area contributed by atoms with Gasteiger partial charge in [-0.3, -0.25) is 9.59 Å². The van der Waals surface area contributed by atoms with Gasteiger partial charge in [-0.15, -0.1) is 0 Å². The second-order valence-corrected chi connectivity index (χ2v) is 23.0. The van der Waals surface area contributed by atoms with E-state index in [0.29, 0.717) is 17.4 Å². The van der Waals surface area contributed by atoms with E-state index in [-0.39, 0.29) is 38.6 Å².